The van der Waals surface area contributed by atoms with Gasteiger partial charge in [-0.05, 0) is 51.1 Å². The van der Waals surface area contributed by atoms with Crippen LogP contribution in [0.15, 0.2) is 93.9 Å². The van der Waals surface area contributed by atoms with E-state index in [0.29, 0.717) is 50.0 Å². The third-order valence-electron chi connectivity index (χ3n) is 7.62. The number of amides is 2. The van der Waals surface area contributed by atoms with Crippen molar-refractivity contribution in [2.45, 2.75) is 32.9 Å². The molecule has 0 saturated heterocycles. The number of benzene rings is 3. The lowest BCUT2D eigenvalue weighted by Crippen LogP contribution is -2.42. The van der Waals surface area contributed by atoms with Gasteiger partial charge >= 0.3 is 0 Å². The Balaban J connectivity index is 1.62. The fourth-order valence-corrected chi connectivity index (χ4v) is 6.83. The highest BCUT2D eigenvalue weighted by Crippen LogP contribution is 2.39. The summed E-state index contributed by atoms with van der Waals surface area (Å²) in [4.78, 5) is 49.1. The first-order valence-electron chi connectivity index (χ1n) is 13.8. The summed E-state index contributed by atoms with van der Waals surface area (Å²) in [5.41, 5.74) is 3.32. The van der Waals surface area contributed by atoms with Gasteiger partial charge in [-0.15, -0.1) is 0 Å². The number of methoxy groups -OCH3 is 2. The van der Waals surface area contributed by atoms with Crippen LogP contribution in [0.4, 0.5) is 11.4 Å². The average molecular weight is 595 g/mol. The molecule has 1 N–H and O–H groups in total. The van der Waals surface area contributed by atoms with Crippen molar-refractivity contribution in [3.63, 3.8) is 0 Å². The molecule has 0 bridgehead atoms. The number of carbonyl (C=O) groups excluding carboxylic acids is 2. The summed E-state index contributed by atoms with van der Waals surface area (Å²) in [6.07, 6.45) is 0. The Hall–Kier alpha value is -4.96. The van der Waals surface area contributed by atoms with E-state index in [1.54, 1.807) is 49.3 Å². The monoisotopic (exact) mass is 594 g/mol. The van der Waals surface area contributed by atoms with E-state index in [0.717, 1.165) is 17.0 Å². The topological polar surface area (TPSA) is 102 Å². The van der Waals surface area contributed by atoms with Gasteiger partial charge in [0.1, 0.15) is 22.1 Å². The molecule has 0 fully saturated rings. The summed E-state index contributed by atoms with van der Waals surface area (Å²) in [6.45, 7) is 5.63. The van der Waals surface area contributed by atoms with Crippen LogP contribution in [0.3, 0.4) is 0 Å². The van der Waals surface area contributed by atoms with Crippen LogP contribution in [-0.2, 0) is 9.59 Å². The molecule has 0 spiro atoms. The number of ether oxygens (including phenoxy) is 2. The number of allylic oxidation sites excluding steroid dienone is 1. The largest absolute Gasteiger partial charge is 0.497 e. The number of rotatable bonds is 6. The first-order valence-corrected chi connectivity index (χ1v) is 14.6. The minimum atomic E-state index is -0.886. The quantitative estimate of drug-likeness (QED) is 0.364. The van der Waals surface area contributed by atoms with E-state index in [4.69, 9.17) is 14.5 Å². The zero-order valence-corrected chi connectivity index (χ0v) is 25.2. The summed E-state index contributed by atoms with van der Waals surface area (Å²) in [5.74, 6) is 0.364. The molecule has 0 saturated carbocycles. The van der Waals surface area contributed by atoms with Gasteiger partial charge in [-0.25, -0.2) is 4.99 Å². The smallest absolute Gasteiger partial charge is 0.271 e. The first kappa shape index (κ1) is 28.2. The van der Waals surface area contributed by atoms with Gasteiger partial charge in [0.2, 0.25) is 0 Å². The van der Waals surface area contributed by atoms with Crippen LogP contribution >= 0.6 is 11.3 Å². The van der Waals surface area contributed by atoms with Crippen LogP contribution in [0, 0.1) is 0 Å². The Labute approximate surface area is 252 Å². The van der Waals surface area contributed by atoms with Crippen molar-refractivity contribution < 1.29 is 19.1 Å². The van der Waals surface area contributed by atoms with Crippen LogP contribution < -0.4 is 34.6 Å². The number of anilines is 2. The molecule has 10 heteroatoms. The fourth-order valence-electron chi connectivity index (χ4n) is 5.69. The van der Waals surface area contributed by atoms with E-state index < -0.39 is 17.5 Å². The molecule has 4 aromatic rings. The Morgan fingerprint density at radius 2 is 1.70 bits per heavy atom. The third kappa shape index (κ3) is 4.64. The summed E-state index contributed by atoms with van der Waals surface area (Å²) in [6, 6.07) is 20.8. The molecule has 2 aliphatic heterocycles. The average Bonchev–Trinajstić information content (AvgIpc) is 3.48. The number of aromatic nitrogens is 1. The van der Waals surface area contributed by atoms with Gasteiger partial charge < -0.3 is 19.7 Å². The van der Waals surface area contributed by atoms with Crippen molar-refractivity contribution in [1.29, 1.82) is 0 Å². The van der Waals surface area contributed by atoms with Crippen molar-refractivity contribution in [3.8, 4) is 11.5 Å². The Morgan fingerprint density at radius 3 is 2.40 bits per heavy atom. The summed E-state index contributed by atoms with van der Waals surface area (Å²) >= 11 is 1.15. The van der Waals surface area contributed by atoms with Gasteiger partial charge in [0.15, 0.2) is 4.80 Å². The van der Waals surface area contributed by atoms with Crippen LogP contribution in [0.25, 0.3) is 5.57 Å². The first-order chi connectivity index (χ1) is 20.7. The minimum Gasteiger partial charge on any atom is -0.497 e. The second-order valence-electron chi connectivity index (χ2n) is 10.5. The van der Waals surface area contributed by atoms with Crippen LogP contribution in [0.2, 0.25) is 0 Å². The number of hydrogen-bond acceptors (Lipinski definition) is 7. The van der Waals surface area contributed by atoms with Crippen LogP contribution in [0.5, 0.6) is 11.5 Å². The van der Waals surface area contributed by atoms with Crippen molar-refractivity contribution >= 4 is 40.1 Å². The molecule has 2 amide bonds. The molecule has 9 nitrogen and oxygen atoms in total. The lowest BCUT2D eigenvalue weighted by Gasteiger charge is -2.26. The van der Waals surface area contributed by atoms with Gasteiger partial charge in [-0.1, -0.05) is 47.7 Å². The van der Waals surface area contributed by atoms with Crippen molar-refractivity contribution in [1.82, 2.24) is 4.57 Å². The third-order valence-corrected chi connectivity index (χ3v) is 8.67. The number of hydrogen-bond donors (Lipinski definition) is 1. The van der Waals surface area contributed by atoms with E-state index in [1.807, 2.05) is 56.3 Å². The number of nitrogens with one attached hydrogen (secondary N) is 1. The molecule has 1 atom stereocenters. The maximum Gasteiger partial charge on any atom is 0.271 e. The highest BCUT2D eigenvalue weighted by molar-refractivity contribution is 7.07. The van der Waals surface area contributed by atoms with E-state index in [-0.39, 0.29) is 16.5 Å². The second-order valence-corrected chi connectivity index (χ2v) is 11.5. The molecule has 218 valence electrons. The molecule has 0 aliphatic carbocycles. The molecule has 2 aliphatic rings. The number of nitrogens with zero attached hydrogens (tertiary/aromatic N) is 3. The normalized spacial score (nSPS) is 17.0. The van der Waals surface area contributed by atoms with Crippen LogP contribution in [-0.4, -0.2) is 36.6 Å². The molecule has 0 radical (unpaired) electrons. The Morgan fingerprint density at radius 1 is 0.977 bits per heavy atom. The molecule has 3 aromatic carbocycles. The minimum absolute atomic E-state index is 0.110. The van der Waals surface area contributed by atoms with Crippen molar-refractivity contribution in [2.75, 3.05) is 24.4 Å². The number of carbonyl (C=O) groups is 2. The zero-order valence-electron chi connectivity index (χ0n) is 24.4. The molecule has 3 heterocycles. The highest BCUT2D eigenvalue weighted by Gasteiger charge is 2.38. The van der Waals surface area contributed by atoms with Gasteiger partial charge in [0.25, 0.3) is 17.4 Å². The van der Waals surface area contributed by atoms with Crippen molar-refractivity contribution in [2.24, 2.45) is 4.99 Å². The van der Waals surface area contributed by atoms with Gasteiger partial charge in [0, 0.05) is 28.9 Å². The SMILES string of the molecule is COc1ccc([C@H]2C(C(=O)Nc3ccccc3)=C(C)N=c3s/c(=C4/C(=O)N(C(C)C)c5ccccc54)c(=O)n32)c(OC)c1. The maximum absolute atomic E-state index is 14.5. The molecular weight excluding hydrogens is 564 g/mol. The van der Waals surface area contributed by atoms with E-state index >= 15 is 0 Å². The summed E-state index contributed by atoms with van der Waals surface area (Å²) in [7, 11) is 3.08. The zero-order chi connectivity index (χ0) is 30.4. The summed E-state index contributed by atoms with van der Waals surface area (Å²) < 4.78 is 12.9. The molecule has 0 unspecified atom stereocenters. The Kier molecular flexibility index (Phi) is 7.23. The number of fused-ring (bicyclic) bond motifs is 2. The van der Waals surface area contributed by atoms with E-state index in [2.05, 4.69) is 5.32 Å². The molecule has 43 heavy (non-hydrogen) atoms. The molecule has 1 aromatic heterocycles. The predicted molar refractivity (Wildman–Crippen MR) is 166 cm³/mol. The standard InChI is InChI=1S/C33H30N4O5S/c1-18(2)36-24-14-10-9-13-22(24)27(31(36)39)29-32(40)37-28(23-16-15-21(41-4)17-25(23)42-5)26(19(3)34-33(37)43-29)30(38)35-20-11-7-6-8-12-20/h6-18,28H,1-5H3,(H,35,38)/b29-27+/t28-/m0/s1. The lowest BCUT2D eigenvalue weighted by molar-refractivity contribution is -0.114. The second kappa shape index (κ2) is 11.0. The highest BCUT2D eigenvalue weighted by atomic mass is 32.1. The maximum atomic E-state index is 14.5. The number of thiazole rings is 1. The summed E-state index contributed by atoms with van der Waals surface area (Å²) in [5, 5.41) is 2.95. The van der Waals surface area contributed by atoms with E-state index in [9.17, 15) is 14.4 Å². The van der Waals surface area contributed by atoms with Gasteiger partial charge in [-0.2, -0.15) is 0 Å². The van der Waals surface area contributed by atoms with Gasteiger partial charge in [-0.3, -0.25) is 19.0 Å². The fraction of sp³-hybridized carbons (Fsp3) is 0.212. The van der Waals surface area contributed by atoms with E-state index in [1.165, 1.54) is 11.7 Å². The van der Waals surface area contributed by atoms with Crippen LogP contribution in [0.1, 0.15) is 37.9 Å². The Bertz CT molecular complexity index is 1990. The molecular formula is C33H30N4O5S. The van der Waals surface area contributed by atoms with Gasteiger partial charge in [0.05, 0.1) is 36.8 Å². The lowest BCUT2D eigenvalue weighted by atomic mass is 9.94. The molecule has 6 rings (SSSR count). The number of para-hydroxylation sites is 2. The van der Waals surface area contributed by atoms with Crippen molar-refractivity contribution in [3.05, 3.63) is 115 Å². The predicted octanol–water partition coefficient (Wildman–Crippen LogP) is 4.02.